The zero-order valence-corrected chi connectivity index (χ0v) is 29.9. The molecule has 0 amide bonds. The quantitative estimate of drug-likeness (QED) is 0.0585. The first-order valence-electron chi connectivity index (χ1n) is 19.2. The van der Waals surface area contributed by atoms with Crippen LogP contribution in [0.4, 0.5) is 0 Å². The predicted octanol–water partition coefficient (Wildman–Crippen LogP) is 12.9. The highest BCUT2D eigenvalue weighted by atomic mass is 15.1. The molecule has 43 heavy (non-hydrogen) atoms. The van der Waals surface area contributed by atoms with Crippen LogP contribution in [-0.2, 0) is 0 Å². The molecule has 0 heterocycles. The molecular formula is C41H78N2. The maximum atomic E-state index is 3.89. The molecule has 0 aromatic carbocycles. The zero-order chi connectivity index (χ0) is 31.3. The Morgan fingerprint density at radius 3 is 1.16 bits per heavy atom. The van der Waals surface area contributed by atoms with Crippen molar-refractivity contribution in [2.75, 3.05) is 27.2 Å². The first kappa shape index (κ1) is 41.9. The van der Waals surface area contributed by atoms with Crippen LogP contribution in [0.25, 0.3) is 0 Å². The number of nitrogens with one attached hydrogen (secondary N) is 1. The second kappa shape index (κ2) is 37.1. The van der Waals surface area contributed by atoms with E-state index in [1.165, 1.54) is 154 Å². The molecule has 0 spiro atoms. The number of rotatable bonds is 34. The lowest BCUT2D eigenvalue weighted by Crippen LogP contribution is -2.34. The van der Waals surface area contributed by atoms with Gasteiger partial charge in [-0.25, -0.2) is 0 Å². The summed E-state index contributed by atoms with van der Waals surface area (Å²) in [5.41, 5.74) is 0. The van der Waals surface area contributed by atoms with Crippen molar-refractivity contribution >= 4 is 0 Å². The van der Waals surface area contributed by atoms with E-state index in [9.17, 15) is 0 Å². The van der Waals surface area contributed by atoms with Gasteiger partial charge in [0.1, 0.15) is 0 Å². The molecule has 0 radical (unpaired) electrons. The summed E-state index contributed by atoms with van der Waals surface area (Å²) in [6, 6.07) is 0.719. The van der Waals surface area contributed by atoms with Gasteiger partial charge in [0.2, 0.25) is 0 Å². The van der Waals surface area contributed by atoms with Crippen LogP contribution in [0.2, 0.25) is 0 Å². The molecule has 1 N–H and O–H groups in total. The minimum absolute atomic E-state index is 0.719. The van der Waals surface area contributed by atoms with Gasteiger partial charge in [0.15, 0.2) is 0 Å². The van der Waals surface area contributed by atoms with Crippen molar-refractivity contribution in [1.29, 1.82) is 0 Å². The summed E-state index contributed by atoms with van der Waals surface area (Å²) in [4.78, 5) is 2.30. The molecular weight excluding hydrogens is 520 g/mol. The molecule has 0 fully saturated rings. The number of allylic oxidation sites excluding steroid dienone is 8. The Balaban J connectivity index is 3.77. The van der Waals surface area contributed by atoms with Crippen LogP contribution in [0.15, 0.2) is 48.6 Å². The van der Waals surface area contributed by atoms with E-state index in [2.05, 4.69) is 86.8 Å². The molecule has 0 aliphatic heterocycles. The fourth-order valence-corrected chi connectivity index (χ4v) is 5.60. The van der Waals surface area contributed by atoms with Gasteiger partial charge in [-0.2, -0.15) is 0 Å². The molecule has 0 rings (SSSR count). The highest BCUT2D eigenvalue weighted by Crippen LogP contribution is 2.15. The molecule has 0 aromatic rings. The van der Waals surface area contributed by atoms with Crippen LogP contribution in [0.3, 0.4) is 0 Å². The van der Waals surface area contributed by atoms with Crippen LogP contribution in [0, 0.1) is 0 Å². The van der Waals surface area contributed by atoms with Gasteiger partial charge in [0, 0.05) is 19.1 Å². The van der Waals surface area contributed by atoms with Gasteiger partial charge in [-0.3, -0.25) is 0 Å². The Morgan fingerprint density at radius 2 is 0.791 bits per heavy atom. The van der Waals surface area contributed by atoms with Crippen molar-refractivity contribution in [3.05, 3.63) is 48.6 Å². The first-order chi connectivity index (χ1) is 21.2. The third-order valence-electron chi connectivity index (χ3n) is 8.50. The number of unbranched alkanes of at least 4 members (excludes halogenated alkanes) is 18. The third-order valence-corrected chi connectivity index (χ3v) is 8.50. The second-order valence-corrected chi connectivity index (χ2v) is 13.2. The standard InChI is InChI=1S/C41H78N2/c1-5-7-9-11-13-15-17-19-21-23-25-27-29-31-33-35-37-41(42-39-40-43(3)4)38-36-34-32-30-28-26-24-22-20-18-16-14-12-10-8-6-2/h13-16,19-22,41-42H,5-12,17-18,23-40H2,1-4H3. The Bertz CT molecular complexity index is 582. The molecule has 0 aromatic heterocycles. The first-order valence-corrected chi connectivity index (χ1v) is 19.2. The Hall–Kier alpha value is -1.12. The molecule has 0 saturated heterocycles. The molecule has 252 valence electrons. The molecule has 2 nitrogen and oxygen atoms in total. The molecule has 0 saturated carbocycles. The van der Waals surface area contributed by atoms with Gasteiger partial charge < -0.3 is 10.2 Å². The van der Waals surface area contributed by atoms with E-state index >= 15 is 0 Å². The maximum Gasteiger partial charge on any atom is 0.0101 e. The van der Waals surface area contributed by atoms with Crippen molar-refractivity contribution in [3.8, 4) is 0 Å². The second-order valence-electron chi connectivity index (χ2n) is 13.2. The van der Waals surface area contributed by atoms with Crippen molar-refractivity contribution in [1.82, 2.24) is 10.2 Å². The Morgan fingerprint density at radius 1 is 0.442 bits per heavy atom. The largest absolute Gasteiger partial charge is 0.313 e. The third kappa shape index (κ3) is 37.0. The van der Waals surface area contributed by atoms with Gasteiger partial charge in [-0.05, 0) is 91.1 Å². The van der Waals surface area contributed by atoms with Gasteiger partial charge in [0.05, 0.1) is 0 Å². The molecule has 0 atom stereocenters. The summed E-state index contributed by atoms with van der Waals surface area (Å²) in [6.45, 7) is 6.82. The molecule has 0 aliphatic carbocycles. The van der Waals surface area contributed by atoms with Gasteiger partial charge in [-0.15, -0.1) is 0 Å². The lowest BCUT2D eigenvalue weighted by molar-refractivity contribution is 0.359. The minimum atomic E-state index is 0.719. The Kier molecular flexibility index (Phi) is 36.1. The number of hydrogen-bond acceptors (Lipinski definition) is 2. The number of hydrogen-bond donors (Lipinski definition) is 1. The molecule has 2 heteroatoms. The summed E-state index contributed by atoms with van der Waals surface area (Å²) in [6.07, 6.45) is 53.7. The summed E-state index contributed by atoms with van der Waals surface area (Å²) in [5.74, 6) is 0. The topological polar surface area (TPSA) is 15.3 Å². The van der Waals surface area contributed by atoms with E-state index in [4.69, 9.17) is 0 Å². The highest BCUT2D eigenvalue weighted by Gasteiger charge is 2.08. The van der Waals surface area contributed by atoms with Crippen LogP contribution in [0.5, 0.6) is 0 Å². The fourth-order valence-electron chi connectivity index (χ4n) is 5.60. The highest BCUT2D eigenvalue weighted by molar-refractivity contribution is 4.93. The average Bonchev–Trinajstić information content (AvgIpc) is 3.00. The van der Waals surface area contributed by atoms with Crippen LogP contribution in [-0.4, -0.2) is 38.1 Å². The molecule has 0 aliphatic rings. The van der Waals surface area contributed by atoms with Gasteiger partial charge in [-0.1, -0.05) is 152 Å². The van der Waals surface area contributed by atoms with Gasteiger partial charge in [0.25, 0.3) is 0 Å². The SMILES string of the molecule is CCCCCC=CCC=CCCCCCCCCC(CCCCCCCCC=CCC=CCCCCC)NCCN(C)C. The number of likely N-dealkylation sites (N-methyl/N-ethyl adjacent to an activating group) is 1. The zero-order valence-electron chi connectivity index (χ0n) is 29.9. The summed E-state index contributed by atoms with van der Waals surface area (Å²) in [7, 11) is 4.36. The Labute approximate surface area is 272 Å². The normalized spacial score (nSPS) is 13.2. The van der Waals surface area contributed by atoms with E-state index in [1.54, 1.807) is 0 Å². The monoisotopic (exact) mass is 599 g/mol. The smallest absolute Gasteiger partial charge is 0.0101 e. The minimum Gasteiger partial charge on any atom is -0.313 e. The summed E-state index contributed by atoms with van der Waals surface area (Å²) >= 11 is 0. The van der Waals surface area contributed by atoms with E-state index in [0.29, 0.717) is 0 Å². The fraction of sp³-hybridized carbons (Fsp3) is 0.805. The number of nitrogens with zero attached hydrogens (tertiary/aromatic N) is 1. The van der Waals surface area contributed by atoms with Crippen molar-refractivity contribution in [2.24, 2.45) is 0 Å². The van der Waals surface area contributed by atoms with Crippen LogP contribution in [0.1, 0.15) is 181 Å². The lowest BCUT2D eigenvalue weighted by atomic mass is 9.99. The lowest BCUT2D eigenvalue weighted by Gasteiger charge is -2.20. The van der Waals surface area contributed by atoms with Crippen molar-refractivity contribution in [3.63, 3.8) is 0 Å². The van der Waals surface area contributed by atoms with E-state index in [1.807, 2.05) is 0 Å². The van der Waals surface area contributed by atoms with Crippen LogP contribution < -0.4 is 5.32 Å². The van der Waals surface area contributed by atoms with E-state index in [-0.39, 0.29) is 0 Å². The predicted molar refractivity (Wildman–Crippen MR) is 198 cm³/mol. The van der Waals surface area contributed by atoms with E-state index < -0.39 is 0 Å². The molecule has 0 bridgehead atoms. The summed E-state index contributed by atoms with van der Waals surface area (Å²) < 4.78 is 0. The maximum absolute atomic E-state index is 3.89. The summed E-state index contributed by atoms with van der Waals surface area (Å²) in [5, 5.41) is 3.89. The molecule has 0 unspecified atom stereocenters. The van der Waals surface area contributed by atoms with Gasteiger partial charge >= 0.3 is 0 Å². The van der Waals surface area contributed by atoms with Crippen molar-refractivity contribution in [2.45, 2.75) is 187 Å². The average molecular weight is 599 g/mol. The van der Waals surface area contributed by atoms with Crippen molar-refractivity contribution < 1.29 is 0 Å². The van der Waals surface area contributed by atoms with Crippen LogP contribution >= 0.6 is 0 Å². The van der Waals surface area contributed by atoms with E-state index in [0.717, 1.165) is 32.0 Å².